The van der Waals surface area contributed by atoms with Crippen LogP contribution in [0.25, 0.3) is 5.69 Å². The van der Waals surface area contributed by atoms with E-state index in [1.807, 2.05) is 16.9 Å². The summed E-state index contributed by atoms with van der Waals surface area (Å²) in [5, 5.41) is 15.3. The lowest BCUT2D eigenvalue weighted by Crippen LogP contribution is -2.45. The fourth-order valence-corrected chi connectivity index (χ4v) is 3.13. The number of benzene rings is 1. The number of piperidine rings is 1. The monoisotopic (exact) mass is 285 g/mol. The molecule has 0 saturated carbocycles. The lowest BCUT2D eigenvalue weighted by molar-refractivity contribution is 0.313. The van der Waals surface area contributed by atoms with E-state index in [4.69, 9.17) is 0 Å². The minimum absolute atomic E-state index is 0.292. The van der Waals surface area contributed by atoms with E-state index in [-0.39, 0.29) is 0 Å². The van der Waals surface area contributed by atoms with Crippen molar-refractivity contribution in [3.8, 4) is 5.69 Å². The Bertz CT molecular complexity index is 566. The van der Waals surface area contributed by atoms with Gasteiger partial charge in [-0.15, -0.1) is 5.10 Å². The van der Waals surface area contributed by atoms with Crippen molar-refractivity contribution in [2.75, 3.05) is 6.54 Å². The van der Waals surface area contributed by atoms with E-state index in [0.29, 0.717) is 18.1 Å². The van der Waals surface area contributed by atoms with Gasteiger partial charge in [-0.25, -0.2) is 4.68 Å². The normalized spacial score (nSPS) is 23.9. The van der Waals surface area contributed by atoms with Crippen LogP contribution < -0.4 is 10.6 Å². The topological polar surface area (TPSA) is 54.8 Å². The number of rotatable bonds is 4. The molecular formula is C16H23N5. The van der Waals surface area contributed by atoms with E-state index in [1.54, 1.807) is 6.20 Å². The highest BCUT2D eigenvalue weighted by Crippen LogP contribution is 2.22. The Morgan fingerprint density at radius 2 is 2.24 bits per heavy atom. The maximum atomic E-state index is 4.12. The molecule has 0 radical (unpaired) electrons. The number of para-hydroxylation sites is 1. The minimum atomic E-state index is 0.292. The Hall–Kier alpha value is -1.72. The minimum Gasteiger partial charge on any atom is -0.314 e. The van der Waals surface area contributed by atoms with E-state index in [0.717, 1.165) is 12.2 Å². The molecule has 5 nitrogen and oxygen atoms in total. The number of hydrogen-bond acceptors (Lipinski definition) is 4. The molecule has 21 heavy (non-hydrogen) atoms. The zero-order chi connectivity index (χ0) is 14.7. The molecule has 1 fully saturated rings. The standard InChI is InChI=1S/C16H23N5/c1-12-11-14(7-8-17-12)19-13(2)15-5-3-4-6-16(15)21-10-9-18-20-21/h3-6,9-10,12-14,17,19H,7-8,11H2,1-2H3. The zero-order valence-electron chi connectivity index (χ0n) is 12.7. The molecule has 1 aromatic carbocycles. The maximum Gasteiger partial charge on any atom is 0.0711 e. The van der Waals surface area contributed by atoms with Gasteiger partial charge >= 0.3 is 0 Å². The van der Waals surface area contributed by atoms with Crippen LogP contribution in [0.5, 0.6) is 0 Å². The Morgan fingerprint density at radius 1 is 1.38 bits per heavy atom. The second-order valence-corrected chi connectivity index (χ2v) is 5.87. The molecule has 1 aliphatic heterocycles. The Labute approximate surface area is 125 Å². The molecule has 0 bridgehead atoms. The van der Waals surface area contributed by atoms with E-state index < -0.39 is 0 Å². The highest BCUT2D eigenvalue weighted by molar-refractivity contribution is 5.41. The average Bonchev–Trinajstić information content (AvgIpc) is 3.01. The summed E-state index contributed by atoms with van der Waals surface area (Å²) < 4.78 is 1.83. The van der Waals surface area contributed by atoms with Crippen LogP contribution in [0.15, 0.2) is 36.7 Å². The number of nitrogens with one attached hydrogen (secondary N) is 2. The molecule has 3 rings (SSSR count). The molecule has 0 spiro atoms. The summed E-state index contributed by atoms with van der Waals surface area (Å²) in [6.07, 6.45) is 5.96. The zero-order valence-corrected chi connectivity index (χ0v) is 12.7. The molecule has 2 aromatic rings. The highest BCUT2D eigenvalue weighted by Gasteiger charge is 2.21. The highest BCUT2D eigenvalue weighted by atomic mass is 15.4. The van der Waals surface area contributed by atoms with Gasteiger partial charge in [-0.2, -0.15) is 0 Å². The lowest BCUT2D eigenvalue weighted by Gasteiger charge is -2.31. The van der Waals surface area contributed by atoms with Crippen LogP contribution in [-0.4, -0.2) is 33.6 Å². The second-order valence-electron chi connectivity index (χ2n) is 5.87. The average molecular weight is 285 g/mol. The maximum absolute atomic E-state index is 4.12. The van der Waals surface area contributed by atoms with Gasteiger partial charge in [0.25, 0.3) is 0 Å². The first kappa shape index (κ1) is 14.2. The third-order valence-electron chi connectivity index (χ3n) is 4.18. The largest absolute Gasteiger partial charge is 0.314 e. The Kier molecular flexibility index (Phi) is 4.31. The lowest BCUT2D eigenvalue weighted by atomic mass is 9.98. The van der Waals surface area contributed by atoms with Crippen molar-refractivity contribution in [2.24, 2.45) is 0 Å². The summed E-state index contributed by atoms with van der Waals surface area (Å²) in [5.41, 5.74) is 2.35. The van der Waals surface area contributed by atoms with Crippen LogP contribution in [0.3, 0.4) is 0 Å². The first-order valence-electron chi connectivity index (χ1n) is 7.69. The van der Waals surface area contributed by atoms with Gasteiger partial charge < -0.3 is 10.6 Å². The van der Waals surface area contributed by atoms with Gasteiger partial charge in [-0.3, -0.25) is 0 Å². The first-order chi connectivity index (χ1) is 10.2. The molecule has 112 valence electrons. The summed E-state index contributed by atoms with van der Waals surface area (Å²) >= 11 is 0. The van der Waals surface area contributed by atoms with E-state index in [1.165, 1.54) is 18.4 Å². The van der Waals surface area contributed by atoms with Gasteiger partial charge in [0.2, 0.25) is 0 Å². The van der Waals surface area contributed by atoms with Crippen LogP contribution in [0.1, 0.15) is 38.3 Å². The van der Waals surface area contributed by atoms with Crippen molar-refractivity contribution >= 4 is 0 Å². The van der Waals surface area contributed by atoms with Crippen LogP contribution >= 0.6 is 0 Å². The quantitative estimate of drug-likeness (QED) is 0.903. The van der Waals surface area contributed by atoms with Gasteiger partial charge in [-0.1, -0.05) is 23.4 Å². The van der Waals surface area contributed by atoms with E-state index in [2.05, 4.69) is 53.0 Å². The molecule has 2 heterocycles. The molecule has 3 unspecified atom stereocenters. The summed E-state index contributed by atoms with van der Waals surface area (Å²) in [5.74, 6) is 0. The number of hydrogen-bond donors (Lipinski definition) is 2. The Morgan fingerprint density at radius 3 is 3.00 bits per heavy atom. The van der Waals surface area contributed by atoms with Gasteiger partial charge in [0.15, 0.2) is 0 Å². The molecule has 1 saturated heterocycles. The van der Waals surface area contributed by atoms with Crippen LogP contribution in [-0.2, 0) is 0 Å². The fourth-order valence-electron chi connectivity index (χ4n) is 3.13. The van der Waals surface area contributed by atoms with Gasteiger partial charge in [0.1, 0.15) is 0 Å². The number of nitrogens with zero attached hydrogens (tertiary/aromatic N) is 3. The summed E-state index contributed by atoms with van der Waals surface area (Å²) in [6, 6.07) is 9.83. The second kappa shape index (κ2) is 6.37. The third-order valence-corrected chi connectivity index (χ3v) is 4.18. The van der Waals surface area contributed by atoms with Crippen LogP contribution in [0.4, 0.5) is 0 Å². The SMILES string of the molecule is CC1CC(NC(C)c2ccccc2-n2ccnn2)CCN1. The number of aromatic nitrogens is 3. The first-order valence-corrected chi connectivity index (χ1v) is 7.69. The predicted molar refractivity (Wildman–Crippen MR) is 83.4 cm³/mol. The summed E-state index contributed by atoms with van der Waals surface area (Å²) in [4.78, 5) is 0. The fraction of sp³-hybridized carbons (Fsp3) is 0.500. The van der Waals surface area contributed by atoms with Crippen molar-refractivity contribution in [2.45, 2.75) is 44.8 Å². The molecule has 2 N–H and O–H groups in total. The van der Waals surface area contributed by atoms with E-state index >= 15 is 0 Å². The smallest absolute Gasteiger partial charge is 0.0711 e. The van der Waals surface area contributed by atoms with Crippen molar-refractivity contribution in [3.63, 3.8) is 0 Å². The molecule has 5 heteroatoms. The molecule has 0 aliphatic carbocycles. The van der Waals surface area contributed by atoms with Crippen LogP contribution in [0, 0.1) is 0 Å². The van der Waals surface area contributed by atoms with Gasteiger partial charge in [0, 0.05) is 18.1 Å². The predicted octanol–water partition coefficient (Wildman–Crippen LogP) is 2.06. The van der Waals surface area contributed by atoms with Gasteiger partial charge in [0.05, 0.1) is 18.1 Å². The summed E-state index contributed by atoms with van der Waals surface area (Å²) in [6.45, 7) is 5.57. The summed E-state index contributed by atoms with van der Waals surface area (Å²) in [7, 11) is 0. The molecular weight excluding hydrogens is 262 g/mol. The molecule has 1 aliphatic rings. The van der Waals surface area contributed by atoms with Crippen molar-refractivity contribution in [1.82, 2.24) is 25.6 Å². The molecule has 0 amide bonds. The third kappa shape index (κ3) is 3.31. The Balaban J connectivity index is 1.77. The molecule has 3 atom stereocenters. The van der Waals surface area contributed by atoms with Crippen molar-refractivity contribution in [1.29, 1.82) is 0 Å². The van der Waals surface area contributed by atoms with E-state index in [9.17, 15) is 0 Å². The van der Waals surface area contributed by atoms with Gasteiger partial charge in [-0.05, 0) is 44.9 Å². The van der Waals surface area contributed by atoms with Crippen molar-refractivity contribution in [3.05, 3.63) is 42.2 Å². The molecule has 1 aromatic heterocycles. The van der Waals surface area contributed by atoms with Crippen LogP contribution in [0.2, 0.25) is 0 Å². The van der Waals surface area contributed by atoms with Crippen molar-refractivity contribution < 1.29 is 0 Å².